The molecule has 0 radical (unpaired) electrons. The van der Waals surface area contributed by atoms with Crippen molar-refractivity contribution in [1.29, 1.82) is 0 Å². The lowest BCUT2D eigenvalue weighted by atomic mass is 9.85. The van der Waals surface area contributed by atoms with Gasteiger partial charge in [-0.05, 0) is 52.7 Å². The number of methoxy groups -OCH3 is 1. The quantitative estimate of drug-likeness (QED) is 0.152. The summed E-state index contributed by atoms with van der Waals surface area (Å²) < 4.78 is 5.83. The van der Waals surface area contributed by atoms with Crippen LogP contribution in [0.15, 0.2) is 95.1 Å². The van der Waals surface area contributed by atoms with Crippen molar-refractivity contribution < 1.29 is 28.8 Å². The molecule has 0 aliphatic carbocycles. The molecule has 0 N–H and O–H groups in total. The highest BCUT2D eigenvalue weighted by Crippen LogP contribution is 2.48. The highest BCUT2D eigenvalue weighted by atomic mass is 79.9. The van der Waals surface area contributed by atoms with Gasteiger partial charge in [0.1, 0.15) is 11.8 Å². The summed E-state index contributed by atoms with van der Waals surface area (Å²) in [6.45, 7) is 1.65. The first-order valence-electron chi connectivity index (χ1n) is 13.4. The van der Waals surface area contributed by atoms with Crippen LogP contribution < -0.4 is 9.64 Å². The maximum absolute atomic E-state index is 14.1. The molecule has 11 heteroatoms. The van der Waals surface area contributed by atoms with E-state index in [0.29, 0.717) is 32.5 Å². The Kier molecular flexibility index (Phi) is 7.05. The van der Waals surface area contributed by atoms with E-state index in [1.54, 1.807) is 78.7 Å². The number of amides is 2. The van der Waals surface area contributed by atoms with Gasteiger partial charge in [0.25, 0.3) is 5.69 Å². The number of hydrogen-bond acceptors (Lipinski definition) is 8. The minimum Gasteiger partial charge on any atom is -0.496 e. The number of anilines is 1. The molecule has 3 aromatic rings. The molecular formula is C32H24BrN3O7. The average molecular weight is 642 g/mol. The standard InChI is InChI=1S/C32H24BrN3O7/c1-17-8-10-21(36(41)42)16-23(17)35-31(39)26-24-15-20(29(37)18-6-4-3-5-7-18)12-13-34(24)28(27(26)32(35)40)30(38)19-9-11-25(43-2)22(33)14-19/h3-16,24,26-28H,1-2H3/t24-,26+,27-,28+/m1/s1. The molecule has 0 bridgehead atoms. The van der Waals surface area contributed by atoms with Gasteiger partial charge >= 0.3 is 0 Å². The SMILES string of the molecule is COc1ccc(C(=O)[C@@H]2[C@@H]3C(=O)N(c4cc([N+](=O)[O-])ccc4C)C(=O)[C@H]3[C@H]3C=C(C(=O)c4ccccc4)C=CN32)cc1Br. The highest BCUT2D eigenvalue weighted by Gasteiger charge is 2.63. The van der Waals surface area contributed by atoms with E-state index < -0.39 is 46.4 Å². The second kappa shape index (κ2) is 10.7. The lowest BCUT2D eigenvalue weighted by Crippen LogP contribution is -2.46. The molecule has 0 spiro atoms. The van der Waals surface area contributed by atoms with E-state index in [-0.39, 0.29) is 17.2 Å². The number of ether oxygens (including phenoxy) is 1. The molecule has 2 saturated heterocycles. The first-order valence-corrected chi connectivity index (χ1v) is 14.2. The summed E-state index contributed by atoms with van der Waals surface area (Å²) in [4.78, 5) is 69.3. The largest absolute Gasteiger partial charge is 0.496 e. The zero-order valence-corrected chi connectivity index (χ0v) is 24.6. The molecule has 3 aromatic carbocycles. The summed E-state index contributed by atoms with van der Waals surface area (Å²) in [7, 11) is 1.50. The highest BCUT2D eigenvalue weighted by molar-refractivity contribution is 9.10. The molecule has 3 aliphatic rings. The molecule has 4 atom stereocenters. The summed E-state index contributed by atoms with van der Waals surface area (Å²) in [6, 6.07) is 15.6. The summed E-state index contributed by atoms with van der Waals surface area (Å²) >= 11 is 3.41. The van der Waals surface area contributed by atoms with Crippen molar-refractivity contribution in [2.24, 2.45) is 11.8 Å². The van der Waals surface area contributed by atoms with Crippen LogP contribution in [0.1, 0.15) is 26.3 Å². The normalized spacial score (nSPS) is 22.3. The van der Waals surface area contributed by atoms with E-state index in [4.69, 9.17) is 4.74 Å². The maximum atomic E-state index is 14.1. The fraction of sp³-hybridized carbons (Fsp3) is 0.188. The summed E-state index contributed by atoms with van der Waals surface area (Å²) in [5, 5.41) is 11.5. The smallest absolute Gasteiger partial charge is 0.271 e. The third-order valence-corrected chi connectivity index (χ3v) is 8.82. The molecule has 3 heterocycles. The second-order valence-corrected chi connectivity index (χ2v) is 11.4. The summed E-state index contributed by atoms with van der Waals surface area (Å²) in [5.74, 6) is -3.46. The molecule has 6 rings (SSSR count). The van der Waals surface area contributed by atoms with Gasteiger partial charge in [0.05, 0.1) is 40.1 Å². The van der Waals surface area contributed by atoms with Gasteiger partial charge in [-0.2, -0.15) is 0 Å². The number of Topliss-reactive ketones (excluding diaryl/α,β-unsaturated/α-hetero) is 2. The number of nitro groups is 1. The Morgan fingerprint density at radius 3 is 2.35 bits per heavy atom. The number of allylic oxidation sites excluding steroid dienone is 2. The lowest BCUT2D eigenvalue weighted by Gasteiger charge is -2.33. The van der Waals surface area contributed by atoms with E-state index in [1.807, 2.05) is 0 Å². The van der Waals surface area contributed by atoms with Crippen molar-refractivity contribution in [2.45, 2.75) is 19.0 Å². The van der Waals surface area contributed by atoms with Gasteiger partial charge in [0.2, 0.25) is 11.8 Å². The maximum Gasteiger partial charge on any atom is 0.271 e. The van der Waals surface area contributed by atoms with E-state index in [1.165, 1.54) is 25.3 Å². The number of ketones is 2. The Labute approximate surface area is 254 Å². The summed E-state index contributed by atoms with van der Waals surface area (Å²) in [6.07, 6.45) is 4.83. The molecular weight excluding hydrogens is 618 g/mol. The van der Waals surface area contributed by atoms with Gasteiger partial charge in [-0.3, -0.25) is 29.3 Å². The number of halogens is 1. The van der Waals surface area contributed by atoms with Gasteiger partial charge in [-0.1, -0.05) is 42.5 Å². The minimum absolute atomic E-state index is 0.0967. The van der Waals surface area contributed by atoms with Crippen LogP contribution in [0.2, 0.25) is 0 Å². The van der Waals surface area contributed by atoms with Crippen LogP contribution in [-0.4, -0.2) is 52.4 Å². The predicted octanol–water partition coefficient (Wildman–Crippen LogP) is 5.05. The Morgan fingerprint density at radius 1 is 0.953 bits per heavy atom. The van der Waals surface area contributed by atoms with Crippen LogP contribution in [0, 0.1) is 28.9 Å². The number of rotatable bonds is 7. The van der Waals surface area contributed by atoms with Crippen LogP contribution in [-0.2, 0) is 9.59 Å². The zero-order valence-electron chi connectivity index (χ0n) is 23.0. The number of non-ortho nitro benzene ring substituents is 1. The average Bonchev–Trinajstić information content (AvgIpc) is 3.48. The first kappa shape index (κ1) is 28.2. The Bertz CT molecular complexity index is 1780. The molecule has 0 saturated carbocycles. The van der Waals surface area contributed by atoms with Crippen molar-refractivity contribution in [3.8, 4) is 5.75 Å². The third kappa shape index (κ3) is 4.56. The molecule has 3 aliphatic heterocycles. The van der Waals surface area contributed by atoms with Crippen molar-refractivity contribution in [3.63, 3.8) is 0 Å². The van der Waals surface area contributed by atoms with Crippen LogP contribution in [0.25, 0.3) is 0 Å². The van der Waals surface area contributed by atoms with Gasteiger partial charge in [-0.25, -0.2) is 4.90 Å². The van der Waals surface area contributed by atoms with Crippen LogP contribution >= 0.6 is 15.9 Å². The Hall–Kier alpha value is -4.90. The van der Waals surface area contributed by atoms with Gasteiger partial charge in [0.15, 0.2) is 11.6 Å². The molecule has 0 unspecified atom stereocenters. The van der Waals surface area contributed by atoms with E-state index in [9.17, 15) is 29.3 Å². The number of nitro benzene ring substituents is 1. The predicted molar refractivity (Wildman–Crippen MR) is 160 cm³/mol. The van der Waals surface area contributed by atoms with Gasteiger partial charge < -0.3 is 9.64 Å². The zero-order chi connectivity index (χ0) is 30.6. The van der Waals surface area contributed by atoms with E-state index in [2.05, 4.69) is 15.9 Å². The van der Waals surface area contributed by atoms with Crippen molar-refractivity contribution in [1.82, 2.24) is 4.90 Å². The fourth-order valence-electron chi connectivity index (χ4n) is 6.13. The van der Waals surface area contributed by atoms with Crippen molar-refractivity contribution in [2.75, 3.05) is 12.0 Å². The molecule has 0 aromatic heterocycles. The number of carbonyl (C=O) groups excluding carboxylic acids is 4. The number of nitrogens with zero attached hydrogens (tertiary/aromatic N) is 3. The van der Waals surface area contributed by atoms with Gasteiger partial charge in [-0.15, -0.1) is 0 Å². The van der Waals surface area contributed by atoms with Crippen LogP contribution in [0.3, 0.4) is 0 Å². The fourth-order valence-corrected chi connectivity index (χ4v) is 6.67. The topological polar surface area (TPSA) is 127 Å². The summed E-state index contributed by atoms with van der Waals surface area (Å²) in [5.41, 5.74) is 1.40. The second-order valence-electron chi connectivity index (χ2n) is 10.5. The number of fused-ring (bicyclic) bond motifs is 3. The number of imide groups is 1. The van der Waals surface area contributed by atoms with Gasteiger partial charge in [0, 0.05) is 35.0 Å². The number of benzene rings is 3. The minimum atomic E-state index is -1.10. The number of carbonyl (C=O) groups is 4. The van der Waals surface area contributed by atoms with Crippen LogP contribution in [0.5, 0.6) is 5.75 Å². The Balaban J connectivity index is 1.46. The lowest BCUT2D eigenvalue weighted by molar-refractivity contribution is -0.384. The van der Waals surface area contributed by atoms with E-state index in [0.717, 1.165) is 4.90 Å². The monoisotopic (exact) mass is 641 g/mol. The van der Waals surface area contributed by atoms with Crippen molar-refractivity contribution >= 4 is 50.7 Å². The van der Waals surface area contributed by atoms with E-state index >= 15 is 0 Å². The van der Waals surface area contributed by atoms with Crippen LogP contribution in [0.4, 0.5) is 11.4 Å². The molecule has 2 fully saturated rings. The first-order chi connectivity index (χ1) is 20.6. The molecule has 216 valence electrons. The number of aryl methyl sites for hydroxylation is 1. The molecule has 10 nitrogen and oxygen atoms in total. The third-order valence-electron chi connectivity index (χ3n) is 8.20. The number of hydrogen-bond donors (Lipinski definition) is 0. The molecule has 2 amide bonds. The Morgan fingerprint density at radius 2 is 1.67 bits per heavy atom. The molecule has 43 heavy (non-hydrogen) atoms. The van der Waals surface area contributed by atoms with Crippen molar-refractivity contribution in [3.05, 3.63) is 122 Å².